The van der Waals surface area contributed by atoms with Crippen LogP contribution in [0.3, 0.4) is 0 Å². The largest absolute Gasteiger partial charge is 0.495 e. The molecule has 0 spiro atoms. The summed E-state index contributed by atoms with van der Waals surface area (Å²) in [6.45, 7) is 0. The lowest BCUT2D eigenvalue weighted by Crippen LogP contribution is -2.54. The van der Waals surface area contributed by atoms with E-state index in [2.05, 4.69) is 0 Å². The Morgan fingerprint density at radius 1 is 0.971 bits per heavy atom. The van der Waals surface area contributed by atoms with Crippen LogP contribution in [0.5, 0.6) is 5.75 Å². The number of rotatable bonds is 4. The number of anilines is 1. The second kappa shape index (κ2) is 6.84. The average Bonchev–Trinajstić information content (AvgIpc) is 3.14. The standard InChI is InChI=1S/C26H18N2O6/c1-34-20-11-10-14(28(32)33)12-19(20)27-24(30)22-21-15-6-2-4-8-17(15)26(13-29,23(22)25(27)31)18-9-5-3-7-16(18)21/h2-13,21-23H,1H3/t21?,22-,23+,26?/m0/s1. The smallest absolute Gasteiger partial charge is 0.271 e. The highest BCUT2D eigenvalue weighted by atomic mass is 16.6. The maximum absolute atomic E-state index is 14.0. The first kappa shape index (κ1) is 20.3. The van der Waals surface area contributed by atoms with E-state index in [4.69, 9.17) is 4.74 Å². The Morgan fingerprint density at radius 2 is 1.59 bits per heavy atom. The number of nitro groups is 1. The summed E-state index contributed by atoms with van der Waals surface area (Å²) in [5.74, 6) is -3.08. The first-order valence-electron chi connectivity index (χ1n) is 10.8. The normalized spacial score (nSPS) is 26.0. The van der Waals surface area contributed by atoms with Gasteiger partial charge in [-0.3, -0.25) is 19.7 Å². The van der Waals surface area contributed by atoms with Crippen molar-refractivity contribution in [1.29, 1.82) is 0 Å². The number of methoxy groups -OCH3 is 1. The van der Waals surface area contributed by atoms with E-state index in [1.165, 1.54) is 25.3 Å². The summed E-state index contributed by atoms with van der Waals surface area (Å²) >= 11 is 0. The van der Waals surface area contributed by atoms with Crippen molar-refractivity contribution in [2.45, 2.75) is 11.3 Å². The number of hydrogen-bond donors (Lipinski definition) is 0. The molecule has 8 nitrogen and oxygen atoms in total. The van der Waals surface area contributed by atoms with Crippen molar-refractivity contribution in [2.75, 3.05) is 12.0 Å². The molecule has 0 radical (unpaired) electrons. The van der Waals surface area contributed by atoms with Gasteiger partial charge in [0.15, 0.2) is 0 Å². The maximum Gasteiger partial charge on any atom is 0.271 e. The summed E-state index contributed by atoms with van der Waals surface area (Å²) in [6.07, 6.45) is 0.789. The predicted octanol–water partition coefficient (Wildman–Crippen LogP) is 3.35. The van der Waals surface area contributed by atoms with Crippen molar-refractivity contribution in [3.8, 4) is 5.75 Å². The van der Waals surface area contributed by atoms with Crippen LogP contribution in [0.25, 0.3) is 0 Å². The molecule has 0 saturated carbocycles. The van der Waals surface area contributed by atoms with E-state index < -0.39 is 39.9 Å². The number of carbonyl (C=O) groups is 3. The van der Waals surface area contributed by atoms with E-state index in [-0.39, 0.29) is 17.1 Å². The van der Waals surface area contributed by atoms with Gasteiger partial charge in [-0.1, -0.05) is 48.5 Å². The van der Waals surface area contributed by atoms with Crippen LogP contribution in [0.15, 0.2) is 66.7 Å². The molecular weight excluding hydrogens is 436 g/mol. The summed E-state index contributed by atoms with van der Waals surface area (Å²) in [7, 11) is 1.37. The Hall–Kier alpha value is -4.33. The average molecular weight is 454 g/mol. The number of carbonyl (C=O) groups excluding carboxylic acids is 3. The van der Waals surface area contributed by atoms with Gasteiger partial charge in [-0.15, -0.1) is 0 Å². The Morgan fingerprint density at radius 3 is 2.15 bits per heavy atom. The van der Waals surface area contributed by atoms with Gasteiger partial charge < -0.3 is 9.53 Å². The number of nitrogens with zero attached hydrogens (tertiary/aromatic N) is 2. The zero-order chi connectivity index (χ0) is 23.8. The highest BCUT2D eigenvalue weighted by Gasteiger charge is 2.68. The molecular formula is C26H18N2O6. The number of nitro benzene ring substituents is 1. The van der Waals surface area contributed by atoms with E-state index in [0.29, 0.717) is 0 Å². The highest BCUT2D eigenvalue weighted by molar-refractivity contribution is 6.25. The van der Waals surface area contributed by atoms with Crippen LogP contribution in [-0.2, 0) is 19.8 Å². The number of aldehydes is 1. The van der Waals surface area contributed by atoms with Crippen molar-refractivity contribution in [3.63, 3.8) is 0 Å². The molecule has 1 heterocycles. The molecule has 4 aliphatic rings. The number of ether oxygens (including phenoxy) is 1. The van der Waals surface area contributed by atoms with Crippen molar-refractivity contribution in [2.24, 2.45) is 11.8 Å². The van der Waals surface area contributed by atoms with Crippen LogP contribution >= 0.6 is 0 Å². The zero-order valence-corrected chi connectivity index (χ0v) is 18.0. The predicted molar refractivity (Wildman–Crippen MR) is 121 cm³/mol. The van der Waals surface area contributed by atoms with Gasteiger partial charge in [-0.25, -0.2) is 4.90 Å². The number of non-ortho nitro benzene ring substituents is 1. The Bertz CT molecular complexity index is 1380. The van der Waals surface area contributed by atoms with E-state index in [1.54, 1.807) is 0 Å². The minimum Gasteiger partial charge on any atom is -0.495 e. The van der Waals surface area contributed by atoms with Crippen LogP contribution < -0.4 is 9.64 Å². The van der Waals surface area contributed by atoms with Crippen LogP contribution in [0.2, 0.25) is 0 Å². The van der Waals surface area contributed by atoms with Gasteiger partial charge >= 0.3 is 0 Å². The number of amides is 2. The van der Waals surface area contributed by atoms with Gasteiger partial charge in [0.25, 0.3) is 5.69 Å². The Labute approximate surface area is 193 Å². The fraction of sp³-hybridized carbons (Fsp3) is 0.192. The van der Waals surface area contributed by atoms with E-state index in [1.807, 2.05) is 48.5 Å². The van der Waals surface area contributed by atoms with Crippen LogP contribution in [0.1, 0.15) is 28.2 Å². The summed E-state index contributed by atoms with van der Waals surface area (Å²) in [4.78, 5) is 52.7. The van der Waals surface area contributed by atoms with Gasteiger partial charge in [0.1, 0.15) is 17.7 Å². The SMILES string of the molecule is COc1ccc([N+](=O)[O-])cc1N1C(=O)[C@H]2C3c4ccccc4C(C=O)(c4ccccc43)[C@H]2C1=O. The molecule has 2 amide bonds. The molecule has 0 aromatic heterocycles. The molecule has 3 aromatic carbocycles. The molecule has 1 fully saturated rings. The Balaban J connectivity index is 1.62. The summed E-state index contributed by atoms with van der Waals surface area (Å²) < 4.78 is 5.35. The third-order valence-electron chi connectivity index (χ3n) is 7.48. The highest BCUT2D eigenvalue weighted by Crippen LogP contribution is 2.63. The first-order valence-corrected chi connectivity index (χ1v) is 10.8. The summed E-state index contributed by atoms with van der Waals surface area (Å²) in [5, 5.41) is 11.4. The number of imide groups is 1. The lowest BCUT2D eigenvalue weighted by atomic mass is 9.48. The van der Waals surface area contributed by atoms with E-state index in [0.717, 1.165) is 33.4 Å². The summed E-state index contributed by atoms with van der Waals surface area (Å²) in [5.41, 5.74) is 1.56. The number of hydrogen-bond acceptors (Lipinski definition) is 6. The van der Waals surface area contributed by atoms with Crippen molar-refractivity contribution >= 4 is 29.5 Å². The molecule has 34 heavy (non-hydrogen) atoms. The van der Waals surface area contributed by atoms with Crippen molar-refractivity contribution in [1.82, 2.24) is 0 Å². The molecule has 168 valence electrons. The van der Waals surface area contributed by atoms with Crippen molar-refractivity contribution < 1.29 is 24.0 Å². The zero-order valence-electron chi connectivity index (χ0n) is 18.0. The number of benzene rings is 3. The molecule has 7 rings (SSSR count). The van der Waals surface area contributed by atoms with Gasteiger partial charge in [-0.05, 0) is 28.3 Å². The van der Waals surface area contributed by atoms with E-state index >= 15 is 0 Å². The van der Waals surface area contributed by atoms with E-state index in [9.17, 15) is 24.5 Å². The van der Waals surface area contributed by atoms with Gasteiger partial charge in [0, 0.05) is 18.1 Å². The second-order valence-electron chi connectivity index (χ2n) is 8.77. The molecule has 1 aliphatic heterocycles. The minimum atomic E-state index is -1.33. The quantitative estimate of drug-likeness (QED) is 0.259. The lowest BCUT2D eigenvalue weighted by molar-refractivity contribution is -0.384. The topological polar surface area (TPSA) is 107 Å². The molecule has 0 N–H and O–H groups in total. The van der Waals surface area contributed by atoms with Crippen LogP contribution in [0.4, 0.5) is 11.4 Å². The Kier molecular flexibility index (Phi) is 4.08. The minimum absolute atomic E-state index is 0.00895. The monoisotopic (exact) mass is 454 g/mol. The fourth-order valence-corrected chi connectivity index (χ4v) is 6.23. The molecule has 0 unspecified atom stereocenters. The molecule has 1 saturated heterocycles. The molecule has 3 aromatic rings. The van der Waals surface area contributed by atoms with Crippen LogP contribution in [0, 0.1) is 22.0 Å². The molecule has 2 atom stereocenters. The fourth-order valence-electron chi connectivity index (χ4n) is 6.23. The molecule has 2 bridgehead atoms. The van der Waals surface area contributed by atoms with Gasteiger partial charge in [0.05, 0.1) is 29.3 Å². The molecule has 8 heteroatoms. The first-order chi connectivity index (χ1) is 16.5. The van der Waals surface area contributed by atoms with Gasteiger partial charge in [0.2, 0.25) is 11.8 Å². The van der Waals surface area contributed by atoms with Gasteiger partial charge in [-0.2, -0.15) is 0 Å². The lowest BCUT2D eigenvalue weighted by Gasteiger charge is -2.51. The third-order valence-corrected chi connectivity index (χ3v) is 7.48. The maximum atomic E-state index is 14.0. The molecule has 3 aliphatic carbocycles. The summed E-state index contributed by atoms with van der Waals surface area (Å²) in [6, 6.07) is 18.6. The van der Waals surface area contributed by atoms with Crippen molar-refractivity contribution in [3.05, 3.63) is 99.1 Å². The van der Waals surface area contributed by atoms with Crippen LogP contribution in [-0.4, -0.2) is 30.1 Å². The second-order valence-corrected chi connectivity index (χ2v) is 8.77. The third kappa shape index (κ3) is 2.24.